The predicted octanol–water partition coefficient (Wildman–Crippen LogP) is 4.15. The molecule has 0 bridgehead atoms. The van der Waals surface area contributed by atoms with E-state index >= 15 is 0 Å². The molecule has 0 radical (unpaired) electrons. The van der Waals surface area contributed by atoms with Crippen molar-refractivity contribution in [3.8, 4) is 28.7 Å². The maximum absolute atomic E-state index is 12.3. The van der Waals surface area contributed by atoms with E-state index in [2.05, 4.69) is 15.5 Å². The van der Waals surface area contributed by atoms with Crippen molar-refractivity contribution in [3.63, 3.8) is 0 Å². The van der Waals surface area contributed by atoms with Crippen molar-refractivity contribution >= 4 is 35.0 Å². The summed E-state index contributed by atoms with van der Waals surface area (Å²) in [6.07, 6.45) is 0. The second-order valence-corrected chi connectivity index (χ2v) is 7.02. The third-order valence-electron chi connectivity index (χ3n) is 3.77. The fraction of sp³-hybridized carbons (Fsp3) is 0.211. The summed E-state index contributed by atoms with van der Waals surface area (Å²) in [4.78, 5) is 12.3. The SMILES string of the molecule is COc1cc(OC)cc(-c2nnc(SCC(=O)Nc3cc(Cl)ccc3OC)o2)c1. The Balaban J connectivity index is 1.65. The van der Waals surface area contributed by atoms with Gasteiger partial charge in [0.1, 0.15) is 17.2 Å². The zero-order valence-electron chi connectivity index (χ0n) is 15.9. The van der Waals surface area contributed by atoms with Gasteiger partial charge in [0.05, 0.1) is 32.8 Å². The maximum atomic E-state index is 12.3. The molecule has 8 nitrogen and oxygen atoms in total. The van der Waals surface area contributed by atoms with Gasteiger partial charge in [0.25, 0.3) is 5.22 Å². The number of nitrogens with zero attached hydrogens (tertiary/aromatic N) is 2. The van der Waals surface area contributed by atoms with Crippen LogP contribution < -0.4 is 19.5 Å². The van der Waals surface area contributed by atoms with Crippen LogP contribution in [0.25, 0.3) is 11.5 Å². The van der Waals surface area contributed by atoms with Gasteiger partial charge in [-0.25, -0.2) is 0 Å². The van der Waals surface area contributed by atoms with E-state index in [-0.39, 0.29) is 16.9 Å². The van der Waals surface area contributed by atoms with E-state index in [9.17, 15) is 4.79 Å². The number of nitrogens with one attached hydrogen (secondary N) is 1. The van der Waals surface area contributed by atoms with Crippen LogP contribution in [0.4, 0.5) is 5.69 Å². The van der Waals surface area contributed by atoms with Gasteiger partial charge in [-0.2, -0.15) is 0 Å². The first-order chi connectivity index (χ1) is 14.0. The van der Waals surface area contributed by atoms with Gasteiger partial charge >= 0.3 is 0 Å². The number of methoxy groups -OCH3 is 3. The Morgan fingerprint density at radius 3 is 2.45 bits per heavy atom. The van der Waals surface area contributed by atoms with E-state index in [1.54, 1.807) is 50.6 Å². The minimum atomic E-state index is -0.265. The molecule has 0 saturated carbocycles. The molecule has 152 valence electrons. The van der Waals surface area contributed by atoms with Crippen LogP contribution in [-0.2, 0) is 4.79 Å². The Morgan fingerprint density at radius 1 is 1.07 bits per heavy atom. The highest BCUT2D eigenvalue weighted by Crippen LogP contribution is 2.31. The number of anilines is 1. The van der Waals surface area contributed by atoms with E-state index in [0.29, 0.717) is 39.4 Å². The molecule has 0 aliphatic rings. The van der Waals surface area contributed by atoms with Crippen LogP contribution in [0.15, 0.2) is 46.0 Å². The maximum Gasteiger partial charge on any atom is 0.277 e. The van der Waals surface area contributed by atoms with Crippen molar-refractivity contribution in [2.45, 2.75) is 5.22 Å². The number of carbonyl (C=O) groups excluding carboxylic acids is 1. The highest BCUT2D eigenvalue weighted by molar-refractivity contribution is 7.99. The summed E-state index contributed by atoms with van der Waals surface area (Å²) in [5.41, 5.74) is 1.13. The first kappa shape index (κ1) is 20.8. The molecule has 0 atom stereocenters. The number of aromatic nitrogens is 2. The second-order valence-electron chi connectivity index (χ2n) is 5.66. The van der Waals surface area contributed by atoms with Crippen molar-refractivity contribution in [1.82, 2.24) is 10.2 Å². The Hall–Kier alpha value is -2.91. The molecule has 1 heterocycles. The van der Waals surface area contributed by atoms with Crippen molar-refractivity contribution < 1.29 is 23.4 Å². The summed E-state index contributed by atoms with van der Waals surface area (Å²) in [7, 11) is 4.63. The molecule has 10 heteroatoms. The topological polar surface area (TPSA) is 95.7 Å². The third-order valence-corrected chi connectivity index (χ3v) is 4.82. The van der Waals surface area contributed by atoms with Crippen LogP contribution in [0.3, 0.4) is 0 Å². The summed E-state index contributed by atoms with van der Waals surface area (Å²) in [6.45, 7) is 0. The van der Waals surface area contributed by atoms with Crippen LogP contribution >= 0.6 is 23.4 Å². The lowest BCUT2D eigenvalue weighted by Gasteiger charge is -2.09. The molecule has 1 aromatic heterocycles. The molecule has 0 fully saturated rings. The molecule has 2 aromatic carbocycles. The molecule has 0 spiro atoms. The number of halogens is 1. The lowest BCUT2D eigenvalue weighted by molar-refractivity contribution is -0.113. The monoisotopic (exact) mass is 435 g/mol. The highest BCUT2D eigenvalue weighted by atomic mass is 35.5. The first-order valence-electron chi connectivity index (χ1n) is 8.35. The van der Waals surface area contributed by atoms with Crippen molar-refractivity contribution in [3.05, 3.63) is 41.4 Å². The van der Waals surface area contributed by atoms with Gasteiger partial charge in [0.2, 0.25) is 11.8 Å². The summed E-state index contributed by atoms with van der Waals surface area (Å²) in [5, 5.41) is 11.5. The number of thioether (sulfide) groups is 1. The minimum Gasteiger partial charge on any atom is -0.497 e. The Morgan fingerprint density at radius 2 is 1.79 bits per heavy atom. The quantitative estimate of drug-likeness (QED) is 0.527. The predicted molar refractivity (Wildman–Crippen MR) is 110 cm³/mol. The van der Waals surface area contributed by atoms with Crippen molar-refractivity contribution in [2.24, 2.45) is 0 Å². The van der Waals surface area contributed by atoms with Gasteiger partial charge in [-0.3, -0.25) is 4.79 Å². The molecule has 0 unspecified atom stereocenters. The molecule has 1 N–H and O–H groups in total. The number of ether oxygens (including phenoxy) is 3. The molecule has 3 rings (SSSR count). The van der Waals surface area contributed by atoms with Gasteiger partial charge in [0, 0.05) is 16.7 Å². The first-order valence-corrected chi connectivity index (χ1v) is 9.72. The van der Waals surface area contributed by atoms with Gasteiger partial charge in [-0.1, -0.05) is 23.4 Å². The fourth-order valence-electron chi connectivity index (χ4n) is 2.41. The largest absolute Gasteiger partial charge is 0.497 e. The lowest BCUT2D eigenvalue weighted by Crippen LogP contribution is -2.14. The van der Waals surface area contributed by atoms with Crippen molar-refractivity contribution in [1.29, 1.82) is 0 Å². The minimum absolute atomic E-state index is 0.0682. The van der Waals surface area contributed by atoms with Crippen LogP contribution in [0.5, 0.6) is 17.2 Å². The highest BCUT2D eigenvalue weighted by Gasteiger charge is 2.14. The number of hydrogen-bond donors (Lipinski definition) is 1. The van der Waals surface area contributed by atoms with Crippen LogP contribution in [-0.4, -0.2) is 43.2 Å². The lowest BCUT2D eigenvalue weighted by atomic mass is 10.2. The Labute approximate surface area is 176 Å². The van der Waals surface area contributed by atoms with E-state index < -0.39 is 0 Å². The summed E-state index contributed by atoms with van der Waals surface area (Å²) in [5.74, 6) is 1.81. The Kier molecular flexibility index (Phi) is 6.84. The summed E-state index contributed by atoms with van der Waals surface area (Å²) >= 11 is 7.08. The van der Waals surface area contributed by atoms with E-state index in [0.717, 1.165) is 11.8 Å². The molecule has 29 heavy (non-hydrogen) atoms. The molecule has 3 aromatic rings. The number of benzene rings is 2. The van der Waals surface area contributed by atoms with Crippen LogP contribution in [0, 0.1) is 0 Å². The molecule has 0 aliphatic carbocycles. The zero-order chi connectivity index (χ0) is 20.8. The van der Waals surface area contributed by atoms with Crippen LogP contribution in [0.1, 0.15) is 0 Å². The van der Waals surface area contributed by atoms with Crippen molar-refractivity contribution in [2.75, 3.05) is 32.4 Å². The normalized spacial score (nSPS) is 10.5. The molecule has 1 amide bonds. The standard InChI is InChI=1S/C19H18ClN3O5S/c1-25-13-6-11(7-14(9-13)26-2)18-22-23-19(28-18)29-10-17(24)21-15-8-12(20)4-5-16(15)27-3/h4-9H,10H2,1-3H3,(H,21,24). The smallest absolute Gasteiger partial charge is 0.277 e. The molecular formula is C19H18ClN3O5S. The third kappa shape index (κ3) is 5.33. The van der Waals surface area contributed by atoms with E-state index in [4.69, 9.17) is 30.2 Å². The fourth-order valence-corrected chi connectivity index (χ4v) is 3.14. The number of hydrogen-bond acceptors (Lipinski definition) is 8. The molecule has 0 saturated heterocycles. The Bertz CT molecular complexity index is 989. The van der Waals surface area contributed by atoms with Gasteiger partial charge < -0.3 is 23.9 Å². The second kappa shape index (κ2) is 9.53. The molecule has 0 aliphatic heterocycles. The summed E-state index contributed by atoms with van der Waals surface area (Å²) in [6, 6.07) is 10.2. The van der Waals surface area contributed by atoms with Crippen LogP contribution in [0.2, 0.25) is 5.02 Å². The average Bonchev–Trinajstić information content (AvgIpc) is 3.21. The van der Waals surface area contributed by atoms with E-state index in [1.807, 2.05) is 0 Å². The van der Waals surface area contributed by atoms with E-state index in [1.165, 1.54) is 7.11 Å². The van der Waals surface area contributed by atoms with Gasteiger partial charge in [-0.15, -0.1) is 10.2 Å². The number of carbonyl (C=O) groups is 1. The van der Waals surface area contributed by atoms with Gasteiger partial charge in [0.15, 0.2) is 0 Å². The zero-order valence-corrected chi connectivity index (χ0v) is 17.5. The number of rotatable bonds is 8. The number of amides is 1. The molecular weight excluding hydrogens is 418 g/mol. The summed E-state index contributed by atoms with van der Waals surface area (Å²) < 4.78 is 21.3. The van der Waals surface area contributed by atoms with Gasteiger partial charge in [-0.05, 0) is 30.3 Å². The average molecular weight is 436 g/mol.